The summed E-state index contributed by atoms with van der Waals surface area (Å²) < 4.78 is 0. The highest BCUT2D eigenvalue weighted by atomic mass is 35.5. The van der Waals surface area contributed by atoms with Crippen LogP contribution in [0.3, 0.4) is 0 Å². The average molecular weight is 215 g/mol. The average Bonchev–Trinajstić information content (AvgIpc) is 2.11. The summed E-state index contributed by atoms with van der Waals surface area (Å²) in [6, 6.07) is 0. The fourth-order valence-corrected chi connectivity index (χ4v) is 1.88. The van der Waals surface area contributed by atoms with Crippen molar-refractivity contribution >= 4 is 11.6 Å². The lowest BCUT2D eigenvalue weighted by Crippen LogP contribution is -2.00. The Labute approximate surface area is 89.1 Å². The number of aromatic hydroxyl groups is 1. The molecule has 0 aliphatic rings. The second kappa shape index (κ2) is 3.79. The SMILES string of the molecule is Cc1c(C)c(Cl)c(C)c(C(C)O)c1O. The third-order valence-corrected chi connectivity index (χ3v) is 3.22. The molecule has 1 aromatic carbocycles. The van der Waals surface area contributed by atoms with Crippen molar-refractivity contribution < 1.29 is 10.2 Å². The van der Waals surface area contributed by atoms with E-state index < -0.39 is 6.10 Å². The first-order chi connectivity index (χ1) is 6.37. The minimum absolute atomic E-state index is 0.152. The van der Waals surface area contributed by atoms with Crippen LogP contribution < -0.4 is 0 Å². The molecule has 0 aromatic heterocycles. The molecule has 0 aliphatic heterocycles. The van der Waals surface area contributed by atoms with Gasteiger partial charge in [0.2, 0.25) is 0 Å². The molecule has 1 atom stereocenters. The molecule has 1 aromatic rings. The molecule has 0 fully saturated rings. The highest BCUT2D eigenvalue weighted by Gasteiger charge is 2.18. The van der Waals surface area contributed by atoms with Crippen LogP contribution in [-0.2, 0) is 0 Å². The second-order valence-electron chi connectivity index (χ2n) is 3.63. The van der Waals surface area contributed by atoms with E-state index in [-0.39, 0.29) is 5.75 Å². The molecule has 3 heteroatoms. The Bertz CT molecular complexity index is 341. The van der Waals surface area contributed by atoms with Gasteiger partial charge >= 0.3 is 0 Å². The Morgan fingerprint density at radius 1 is 1.07 bits per heavy atom. The monoisotopic (exact) mass is 214 g/mol. The number of rotatable bonds is 1. The number of phenolic OH excluding ortho intramolecular Hbond substituents is 1. The Morgan fingerprint density at radius 2 is 1.57 bits per heavy atom. The van der Waals surface area contributed by atoms with E-state index in [1.54, 1.807) is 20.8 Å². The minimum Gasteiger partial charge on any atom is -0.507 e. The molecule has 0 spiro atoms. The Kier molecular flexibility index (Phi) is 3.07. The first-order valence-corrected chi connectivity index (χ1v) is 4.91. The van der Waals surface area contributed by atoms with Gasteiger partial charge in [-0.3, -0.25) is 0 Å². The van der Waals surface area contributed by atoms with Crippen LogP contribution in [-0.4, -0.2) is 10.2 Å². The molecule has 2 N–H and O–H groups in total. The molecule has 2 nitrogen and oxygen atoms in total. The Balaban J connectivity index is 3.60. The van der Waals surface area contributed by atoms with Gasteiger partial charge in [-0.15, -0.1) is 0 Å². The minimum atomic E-state index is -0.702. The quantitative estimate of drug-likeness (QED) is 0.755. The summed E-state index contributed by atoms with van der Waals surface area (Å²) in [4.78, 5) is 0. The van der Waals surface area contributed by atoms with Crippen LogP contribution in [0.25, 0.3) is 0 Å². The molecule has 78 valence electrons. The summed E-state index contributed by atoms with van der Waals surface area (Å²) in [5.74, 6) is 0.152. The van der Waals surface area contributed by atoms with Gasteiger partial charge in [0.1, 0.15) is 5.75 Å². The van der Waals surface area contributed by atoms with Crippen LogP contribution in [0.2, 0.25) is 5.02 Å². The van der Waals surface area contributed by atoms with Crippen LogP contribution >= 0.6 is 11.6 Å². The molecule has 0 saturated carbocycles. The molecule has 0 aliphatic carbocycles. The van der Waals surface area contributed by atoms with E-state index >= 15 is 0 Å². The summed E-state index contributed by atoms with van der Waals surface area (Å²) in [7, 11) is 0. The Morgan fingerprint density at radius 3 is 2.00 bits per heavy atom. The maximum Gasteiger partial charge on any atom is 0.124 e. The third kappa shape index (κ3) is 1.60. The number of aliphatic hydroxyl groups excluding tert-OH is 1. The van der Waals surface area contributed by atoms with Gasteiger partial charge in [0.05, 0.1) is 6.10 Å². The van der Waals surface area contributed by atoms with E-state index in [0.29, 0.717) is 10.6 Å². The van der Waals surface area contributed by atoms with E-state index in [1.807, 2.05) is 6.92 Å². The van der Waals surface area contributed by atoms with Crippen LogP contribution in [0, 0.1) is 20.8 Å². The molecule has 14 heavy (non-hydrogen) atoms. The summed E-state index contributed by atoms with van der Waals surface area (Å²) in [5.41, 5.74) is 2.88. The zero-order valence-corrected chi connectivity index (χ0v) is 9.61. The van der Waals surface area contributed by atoms with Gasteiger partial charge in [-0.25, -0.2) is 0 Å². The van der Waals surface area contributed by atoms with Crippen LogP contribution in [0.4, 0.5) is 0 Å². The van der Waals surface area contributed by atoms with Crippen molar-refractivity contribution in [3.8, 4) is 5.75 Å². The number of aliphatic hydroxyl groups is 1. The number of benzene rings is 1. The summed E-state index contributed by atoms with van der Waals surface area (Å²) in [6.45, 7) is 7.07. The lowest BCUT2D eigenvalue weighted by molar-refractivity contribution is 0.194. The standard InChI is InChI=1S/C11H15ClO2/c1-5-6(2)11(14)9(8(4)13)7(3)10(5)12/h8,13-14H,1-4H3. The van der Waals surface area contributed by atoms with Gasteiger partial charge in [0, 0.05) is 10.6 Å². The van der Waals surface area contributed by atoms with Crippen molar-refractivity contribution in [2.45, 2.75) is 33.8 Å². The van der Waals surface area contributed by atoms with Crippen molar-refractivity contribution in [1.82, 2.24) is 0 Å². The summed E-state index contributed by atoms with van der Waals surface area (Å²) >= 11 is 6.08. The largest absolute Gasteiger partial charge is 0.507 e. The molecular formula is C11H15ClO2. The molecular weight excluding hydrogens is 200 g/mol. The maximum absolute atomic E-state index is 9.84. The highest BCUT2D eigenvalue weighted by Crippen LogP contribution is 2.38. The maximum atomic E-state index is 9.84. The van der Waals surface area contributed by atoms with Crippen LogP contribution in [0.15, 0.2) is 0 Å². The third-order valence-electron chi connectivity index (χ3n) is 2.65. The van der Waals surface area contributed by atoms with Crippen LogP contribution in [0.1, 0.15) is 35.3 Å². The zero-order valence-electron chi connectivity index (χ0n) is 8.85. The molecule has 0 amide bonds. The fraction of sp³-hybridized carbons (Fsp3) is 0.455. The van der Waals surface area contributed by atoms with Gasteiger partial charge in [-0.2, -0.15) is 0 Å². The van der Waals surface area contributed by atoms with E-state index in [1.165, 1.54) is 0 Å². The number of halogens is 1. The van der Waals surface area contributed by atoms with Crippen LogP contribution in [0.5, 0.6) is 5.75 Å². The molecule has 0 radical (unpaired) electrons. The van der Waals surface area contributed by atoms with E-state index in [4.69, 9.17) is 11.6 Å². The topological polar surface area (TPSA) is 40.5 Å². The second-order valence-corrected chi connectivity index (χ2v) is 4.01. The van der Waals surface area contributed by atoms with Gasteiger partial charge in [-0.05, 0) is 44.4 Å². The predicted octanol–water partition coefficient (Wildman–Crippen LogP) is 3.02. The molecule has 0 saturated heterocycles. The predicted molar refractivity (Wildman–Crippen MR) is 58.0 cm³/mol. The van der Waals surface area contributed by atoms with Gasteiger partial charge in [-0.1, -0.05) is 11.6 Å². The lowest BCUT2D eigenvalue weighted by Gasteiger charge is -2.17. The molecule has 1 rings (SSSR count). The molecule has 1 unspecified atom stereocenters. The number of hydrogen-bond donors (Lipinski definition) is 2. The first kappa shape index (κ1) is 11.3. The van der Waals surface area contributed by atoms with Crippen molar-refractivity contribution in [2.24, 2.45) is 0 Å². The van der Waals surface area contributed by atoms with Crippen molar-refractivity contribution in [1.29, 1.82) is 0 Å². The zero-order chi connectivity index (χ0) is 11.0. The van der Waals surface area contributed by atoms with Gasteiger partial charge in [0.15, 0.2) is 0 Å². The molecule has 0 bridgehead atoms. The van der Waals surface area contributed by atoms with Gasteiger partial charge < -0.3 is 10.2 Å². The fourth-order valence-electron chi connectivity index (χ4n) is 1.63. The van der Waals surface area contributed by atoms with E-state index in [0.717, 1.165) is 16.7 Å². The first-order valence-electron chi connectivity index (χ1n) is 4.54. The smallest absolute Gasteiger partial charge is 0.124 e. The summed E-state index contributed by atoms with van der Waals surface area (Å²) in [5, 5.41) is 20.0. The molecule has 0 heterocycles. The van der Waals surface area contributed by atoms with Crippen molar-refractivity contribution in [3.63, 3.8) is 0 Å². The Hall–Kier alpha value is -0.730. The highest BCUT2D eigenvalue weighted by molar-refractivity contribution is 6.32. The normalized spacial score (nSPS) is 13.0. The summed E-state index contributed by atoms with van der Waals surface area (Å²) in [6.07, 6.45) is -0.702. The number of phenols is 1. The lowest BCUT2D eigenvalue weighted by atomic mass is 9.96. The van der Waals surface area contributed by atoms with Gasteiger partial charge in [0.25, 0.3) is 0 Å². The van der Waals surface area contributed by atoms with E-state index in [9.17, 15) is 10.2 Å². The number of hydrogen-bond acceptors (Lipinski definition) is 2. The van der Waals surface area contributed by atoms with Crippen molar-refractivity contribution in [3.05, 3.63) is 27.3 Å². The van der Waals surface area contributed by atoms with E-state index in [2.05, 4.69) is 0 Å². The van der Waals surface area contributed by atoms with Crippen molar-refractivity contribution in [2.75, 3.05) is 0 Å².